The number of hydrogen-bond donors (Lipinski definition) is 3. The van der Waals surface area contributed by atoms with Crippen molar-refractivity contribution in [2.45, 2.75) is 17.0 Å². The minimum Gasteiger partial charge on any atom is -0.480 e. The van der Waals surface area contributed by atoms with Crippen molar-refractivity contribution in [3.63, 3.8) is 0 Å². The van der Waals surface area contributed by atoms with Gasteiger partial charge >= 0.3 is 5.97 Å². The van der Waals surface area contributed by atoms with Crippen LogP contribution in [0.15, 0.2) is 29.2 Å². The third kappa shape index (κ3) is 3.46. The molecule has 0 bridgehead atoms. The molecule has 3 N–H and O–H groups in total. The number of thioether (sulfide) groups is 1. The summed E-state index contributed by atoms with van der Waals surface area (Å²) >= 11 is 1.66. The highest BCUT2D eigenvalue weighted by molar-refractivity contribution is 7.98. The normalized spacial score (nSPS) is 14.3. The Morgan fingerprint density at radius 1 is 1.24 bits per heavy atom. The summed E-state index contributed by atoms with van der Waals surface area (Å²) in [5.74, 6) is -0.860. The van der Waals surface area contributed by atoms with Gasteiger partial charge in [0.1, 0.15) is 6.04 Å². The van der Waals surface area contributed by atoms with Gasteiger partial charge in [0.2, 0.25) is 0 Å². The SMILES string of the molecule is CNC(C(=O)O)C(NC)c1ccc(SC)cc1. The molecule has 0 aliphatic carbocycles. The van der Waals surface area contributed by atoms with Crippen molar-refractivity contribution in [2.75, 3.05) is 20.4 Å². The van der Waals surface area contributed by atoms with Crippen molar-refractivity contribution < 1.29 is 9.90 Å². The number of rotatable bonds is 6. The second kappa shape index (κ2) is 6.64. The maximum atomic E-state index is 11.1. The summed E-state index contributed by atoms with van der Waals surface area (Å²) < 4.78 is 0. The second-order valence-electron chi connectivity index (χ2n) is 3.64. The molecule has 4 nitrogen and oxygen atoms in total. The smallest absolute Gasteiger partial charge is 0.322 e. The molecule has 1 rings (SSSR count). The van der Waals surface area contributed by atoms with Gasteiger partial charge in [-0.05, 0) is 38.0 Å². The summed E-state index contributed by atoms with van der Waals surface area (Å²) in [6.07, 6.45) is 2.01. The van der Waals surface area contributed by atoms with E-state index in [2.05, 4.69) is 10.6 Å². The lowest BCUT2D eigenvalue weighted by Crippen LogP contribution is -2.44. The Morgan fingerprint density at radius 2 is 1.82 bits per heavy atom. The molecule has 2 unspecified atom stereocenters. The minimum absolute atomic E-state index is 0.242. The predicted octanol–water partition coefficient (Wildman–Crippen LogP) is 1.34. The summed E-state index contributed by atoms with van der Waals surface area (Å²) in [7, 11) is 3.42. The molecule has 5 heteroatoms. The van der Waals surface area contributed by atoms with E-state index in [0.717, 1.165) is 5.56 Å². The first-order valence-electron chi connectivity index (χ1n) is 5.35. The molecule has 0 amide bonds. The van der Waals surface area contributed by atoms with E-state index >= 15 is 0 Å². The average Bonchev–Trinajstić information content (AvgIpc) is 2.35. The van der Waals surface area contributed by atoms with Gasteiger partial charge in [0, 0.05) is 4.90 Å². The minimum atomic E-state index is -0.860. The van der Waals surface area contributed by atoms with E-state index in [9.17, 15) is 4.79 Å². The lowest BCUT2D eigenvalue weighted by molar-refractivity contribution is -0.140. The Morgan fingerprint density at radius 3 is 2.18 bits per heavy atom. The fourth-order valence-corrected chi connectivity index (χ4v) is 2.18. The number of aliphatic carboxylic acids is 1. The Balaban J connectivity index is 2.95. The Bertz CT molecular complexity index is 367. The van der Waals surface area contributed by atoms with Crippen LogP contribution < -0.4 is 10.6 Å². The standard InChI is InChI=1S/C12H18N2O2S/c1-13-10(11(14-2)12(15)16)8-4-6-9(17-3)7-5-8/h4-7,10-11,13-14H,1-3H3,(H,15,16). The molecule has 0 aliphatic heterocycles. The van der Waals surface area contributed by atoms with Gasteiger partial charge in [-0.2, -0.15) is 0 Å². The Labute approximate surface area is 106 Å². The average molecular weight is 254 g/mol. The number of nitrogens with one attached hydrogen (secondary N) is 2. The molecule has 0 heterocycles. The van der Waals surface area contributed by atoms with Crippen LogP contribution in [-0.2, 0) is 4.79 Å². The fraction of sp³-hybridized carbons (Fsp3) is 0.417. The molecule has 0 radical (unpaired) electrons. The zero-order chi connectivity index (χ0) is 12.8. The van der Waals surface area contributed by atoms with Gasteiger partial charge in [-0.15, -0.1) is 11.8 Å². The molecular formula is C12H18N2O2S. The molecule has 0 saturated carbocycles. The van der Waals surface area contributed by atoms with E-state index in [1.807, 2.05) is 30.5 Å². The number of carboxylic acids is 1. The van der Waals surface area contributed by atoms with Crippen LogP contribution in [0.3, 0.4) is 0 Å². The molecule has 0 aromatic heterocycles. The van der Waals surface area contributed by atoms with Gasteiger partial charge in [0.05, 0.1) is 6.04 Å². The van der Waals surface area contributed by atoms with E-state index in [1.165, 1.54) is 4.90 Å². The highest BCUT2D eigenvalue weighted by Gasteiger charge is 2.26. The Kier molecular flexibility index (Phi) is 5.47. The number of carboxylic acid groups (broad SMARTS) is 1. The molecule has 0 spiro atoms. The van der Waals surface area contributed by atoms with E-state index < -0.39 is 12.0 Å². The van der Waals surface area contributed by atoms with Gasteiger partial charge < -0.3 is 15.7 Å². The maximum Gasteiger partial charge on any atom is 0.322 e. The molecule has 1 aromatic carbocycles. The molecule has 94 valence electrons. The molecule has 17 heavy (non-hydrogen) atoms. The lowest BCUT2D eigenvalue weighted by Gasteiger charge is -2.23. The third-order valence-electron chi connectivity index (χ3n) is 2.70. The van der Waals surface area contributed by atoms with Crippen molar-refractivity contribution in [3.05, 3.63) is 29.8 Å². The monoisotopic (exact) mass is 254 g/mol. The van der Waals surface area contributed by atoms with Crippen LogP contribution in [0.25, 0.3) is 0 Å². The zero-order valence-corrected chi connectivity index (χ0v) is 11.0. The van der Waals surface area contributed by atoms with Crippen molar-refractivity contribution in [1.29, 1.82) is 0 Å². The third-order valence-corrected chi connectivity index (χ3v) is 3.44. The topological polar surface area (TPSA) is 61.4 Å². The molecule has 1 aromatic rings. The summed E-state index contributed by atoms with van der Waals surface area (Å²) in [5.41, 5.74) is 0.965. The van der Waals surface area contributed by atoms with Gasteiger partial charge in [-0.3, -0.25) is 4.79 Å². The maximum absolute atomic E-state index is 11.1. The van der Waals surface area contributed by atoms with Crippen LogP contribution in [0.1, 0.15) is 11.6 Å². The number of hydrogen-bond acceptors (Lipinski definition) is 4. The number of carbonyl (C=O) groups is 1. The first-order chi connectivity index (χ1) is 8.13. The van der Waals surface area contributed by atoms with Crippen molar-refractivity contribution >= 4 is 17.7 Å². The lowest BCUT2D eigenvalue weighted by atomic mass is 9.99. The van der Waals surface area contributed by atoms with E-state index in [-0.39, 0.29) is 6.04 Å². The Hall–Kier alpha value is -1.04. The zero-order valence-electron chi connectivity index (χ0n) is 10.2. The van der Waals surface area contributed by atoms with E-state index in [0.29, 0.717) is 0 Å². The predicted molar refractivity (Wildman–Crippen MR) is 70.5 cm³/mol. The van der Waals surface area contributed by atoms with Crippen LogP contribution in [0, 0.1) is 0 Å². The highest BCUT2D eigenvalue weighted by atomic mass is 32.2. The molecule has 0 saturated heterocycles. The van der Waals surface area contributed by atoms with Crippen LogP contribution in [0.5, 0.6) is 0 Å². The summed E-state index contributed by atoms with van der Waals surface area (Å²) in [5, 5.41) is 15.0. The second-order valence-corrected chi connectivity index (χ2v) is 4.52. The van der Waals surface area contributed by atoms with Crippen LogP contribution in [-0.4, -0.2) is 37.5 Å². The van der Waals surface area contributed by atoms with Crippen molar-refractivity contribution in [3.8, 4) is 0 Å². The van der Waals surface area contributed by atoms with Gasteiger partial charge in [0.25, 0.3) is 0 Å². The molecule has 0 fully saturated rings. The molecule has 2 atom stereocenters. The van der Waals surface area contributed by atoms with Crippen LogP contribution >= 0.6 is 11.8 Å². The van der Waals surface area contributed by atoms with Gasteiger partial charge in [-0.1, -0.05) is 12.1 Å². The van der Waals surface area contributed by atoms with Crippen molar-refractivity contribution in [2.24, 2.45) is 0 Å². The molecular weight excluding hydrogens is 236 g/mol. The number of benzene rings is 1. The van der Waals surface area contributed by atoms with Crippen LogP contribution in [0.4, 0.5) is 0 Å². The van der Waals surface area contributed by atoms with E-state index in [4.69, 9.17) is 5.11 Å². The van der Waals surface area contributed by atoms with Gasteiger partial charge in [0.15, 0.2) is 0 Å². The fourth-order valence-electron chi connectivity index (χ4n) is 1.77. The molecule has 0 aliphatic rings. The largest absolute Gasteiger partial charge is 0.480 e. The van der Waals surface area contributed by atoms with Crippen molar-refractivity contribution in [1.82, 2.24) is 10.6 Å². The summed E-state index contributed by atoms with van der Waals surface area (Å²) in [4.78, 5) is 12.3. The first kappa shape index (κ1) is 14.0. The summed E-state index contributed by atoms with van der Waals surface area (Å²) in [6.45, 7) is 0. The van der Waals surface area contributed by atoms with E-state index in [1.54, 1.807) is 25.9 Å². The summed E-state index contributed by atoms with van der Waals surface area (Å²) in [6, 6.07) is 7.03. The first-order valence-corrected chi connectivity index (χ1v) is 6.57. The quantitative estimate of drug-likeness (QED) is 0.669. The number of likely N-dealkylation sites (N-methyl/N-ethyl adjacent to an activating group) is 2. The van der Waals surface area contributed by atoms with Gasteiger partial charge in [-0.25, -0.2) is 0 Å². The van der Waals surface area contributed by atoms with Crippen LogP contribution in [0.2, 0.25) is 0 Å². The highest BCUT2D eigenvalue weighted by Crippen LogP contribution is 2.21.